The van der Waals surface area contributed by atoms with Gasteiger partial charge in [-0.2, -0.15) is 25.5 Å². The van der Waals surface area contributed by atoms with Crippen LogP contribution in [0.15, 0.2) is 4.52 Å². The van der Waals surface area contributed by atoms with E-state index < -0.39 is 31.6 Å². The summed E-state index contributed by atoms with van der Waals surface area (Å²) in [5, 5.41) is 3.48. The van der Waals surface area contributed by atoms with E-state index in [4.69, 9.17) is 10.3 Å². The molecular weight excluding hydrogens is 302 g/mol. The SMILES string of the molecule is CSCC[C@@H](N)c1nc(COCC(F)(F)C(F)F)no1. The van der Waals surface area contributed by atoms with Crippen molar-refractivity contribution in [2.24, 2.45) is 5.73 Å². The Balaban J connectivity index is 2.41. The molecule has 0 aliphatic rings. The van der Waals surface area contributed by atoms with Gasteiger partial charge in [0, 0.05) is 0 Å². The molecule has 0 amide bonds. The lowest BCUT2D eigenvalue weighted by atomic mass is 10.2. The average Bonchev–Trinajstić information content (AvgIpc) is 2.84. The Labute approximate surface area is 117 Å². The normalized spacial score (nSPS) is 13.9. The first kappa shape index (κ1) is 17.2. The first-order chi connectivity index (χ1) is 9.36. The van der Waals surface area contributed by atoms with Gasteiger partial charge >= 0.3 is 12.3 Å². The van der Waals surface area contributed by atoms with Gasteiger partial charge in [0.15, 0.2) is 5.82 Å². The minimum absolute atomic E-state index is 0.00957. The molecule has 1 aromatic rings. The molecule has 0 unspecified atom stereocenters. The van der Waals surface area contributed by atoms with Gasteiger partial charge in [0.25, 0.3) is 0 Å². The molecule has 20 heavy (non-hydrogen) atoms. The molecule has 1 atom stereocenters. The first-order valence-electron chi connectivity index (χ1n) is 5.67. The lowest BCUT2D eigenvalue weighted by Gasteiger charge is -2.14. The third-order valence-corrected chi connectivity index (χ3v) is 2.92. The highest BCUT2D eigenvalue weighted by molar-refractivity contribution is 7.98. The summed E-state index contributed by atoms with van der Waals surface area (Å²) in [6, 6.07) is -0.453. The van der Waals surface area contributed by atoms with Gasteiger partial charge in [0.1, 0.15) is 13.2 Å². The van der Waals surface area contributed by atoms with Crippen LogP contribution < -0.4 is 5.73 Å². The quantitative estimate of drug-likeness (QED) is 0.704. The molecule has 0 saturated heterocycles. The number of nitrogens with zero attached hydrogens (tertiary/aromatic N) is 2. The van der Waals surface area contributed by atoms with Gasteiger partial charge in [-0.3, -0.25) is 0 Å². The molecular formula is C10H15F4N3O2S. The number of hydrogen-bond donors (Lipinski definition) is 1. The van der Waals surface area contributed by atoms with E-state index in [0.29, 0.717) is 6.42 Å². The number of thioether (sulfide) groups is 1. The molecule has 0 spiro atoms. The van der Waals surface area contributed by atoms with Crippen molar-refractivity contribution >= 4 is 11.8 Å². The van der Waals surface area contributed by atoms with E-state index in [-0.39, 0.29) is 11.7 Å². The van der Waals surface area contributed by atoms with Crippen molar-refractivity contribution in [1.29, 1.82) is 0 Å². The molecule has 5 nitrogen and oxygen atoms in total. The summed E-state index contributed by atoms with van der Waals surface area (Å²) in [6.07, 6.45) is -1.24. The van der Waals surface area contributed by atoms with Crippen LogP contribution in [0.4, 0.5) is 17.6 Å². The van der Waals surface area contributed by atoms with E-state index in [1.165, 1.54) is 0 Å². The summed E-state index contributed by atoms with van der Waals surface area (Å²) in [5.74, 6) is -3.24. The van der Waals surface area contributed by atoms with Gasteiger partial charge in [-0.1, -0.05) is 5.16 Å². The largest absolute Gasteiger partial charge is 0.367 e. The summed E-state index contributed by atoms with van der Waals surface area (Å²) in [4.78, 5) is 3.86. The monoisotopic (exact) mass is 317 g/mol. The van der Waals surface area contributed by atoms with Crippen LogP contribution in [0.5, 0.6) is 0 Å². The second kappa shape index (κ2) is 7.79. The van der Waals surface area contributed by atoms with E-state index in [2.05, 4.69) is 14.9 Å². The summed E-state index contributed by atoms with van der Waals surface area (Å²) in [5.41, 5.74) is 5.76. The van der Waals surface area contributed by atoms with Crippen molar-refractivity contribution in [2.45, 2.75) is 31.4 Å². The topological polar surface area (TPSA) is 74.2 Å². The highest BCUT2D eigenvalue weighted by Crippen LogP contribution is 2.23. The van der Waals surface area contributed by atoms with E-state index in [1.807, 2.05) is 6.26 Å². The maximum Gasteiger partial charge on any atom is 0.330 e. The van der Waals surface area contributed by atoms with Gasteiger partial charge in [0.05, 0.1) is 6.04 Å². The summed E-state index contributed by atoms with van der Waals surface area (Å²) >= 11 is 1.60. The van der Waals surface area contributed by atoms with Crippen LogP contribution >= 0.6 is 11.8 Å². The summed E-state index contributed by atoms with van der Waals surface area (Å²) < 4.78 is 58.2. The highest BCUT2D eigenvalue weighted by atomic mass is 32.2. The third-order valence-electron chi connectivity index (χ3n) is 2.28. The molecule has 0 aliphatic carbocycles. The average molecular weight is 317 g/mol. The van der Waals surface area contributed by atoms with Crippen molar-refractivity contribution in [2.75, 3.05) is 18.6 Å². The Kier molecular flexibility index (Phi) is 6.69. The molecule has 0 aliphatic heterocycles. The van der Waals surface area contributed by atoms with Gasteiger partial charge in [-0.05, 0) is 18.4 Å². The standard InChI is InChI=1S/C10H15F4N3O2S/c1-20-3-2-6(15)8-16-7(17-19-8)4-18-5-10(13,14)9(11)12/h6,9H,2-5,15H2,1H3/t6-/m1/s1. The van der Waals surface area contributed by atoms with E-state index >= 15 is 0 Å². The zero-order valence-electron chi connectivity index (χ0n) is 10.7. The van der Waals surface area contributed by atoms with E-state index in [9.17, 15) is 17.6 Å². The lowest BCUT2D eigenvalue weighted by molar-refractivity contribution is -0.168. The van der Waals surface area contributed by atoms with Crippen LogP contribution in [-0.4, -0.2) is 41.1 Å². The number of halogens is 4. The molecule has 1 heterocycles. The predicted octanol–water partition coefficient (Wildman–Crippen LogP) is 2.24. The van der Waals surface area contributed by atoms with Crippen LogP contribution in [0.2, 0.25) is 0 Å². The number of ether oxygens (including phenoxy) is 1. The molecule has 0 aromatic carbocycles. The highest BCUT2D eigenvalue weighted by Gasteiger charge is 2.41. The summed E-state index contributed by atoms with van der Waals surface area (Å²) in [6.45, 7) is -1.85. The van der Waals surface area contributed by atoms with Crippen molar-refractivity contribution < 1.29 is 26.8 Å². The lowest BCUT2D eigenvalue weighted by Crippen LogP contribution is -2.32. The minimum atomic E-state index is -4.19. The maximum atomic E-state index is 12.6. The number of rotatable bonds is 9. The molecule has 10 heteroatoms. The van der Waals surface area contributed by atoms with Crippen molar-refractivity contribution in [1.82, 2.24) is 10.1 Å². The van der Waals surface area contributed by atoms with E-state index in [0.717, 1.165) is 5.75 Å². The molecule has 2 N–H and O–H groups in total. The Bertz CT molecular complexity index is 406. The fourth-order valence-electron chi connectivity index (χ4n) is 1.19. The predicted molar refractivity (Wildman–Crippen MR) is 64.8 cm³/mol. The van der Waals surface area contributed by atoms with Crippen LogP contribution in [-0.2, 0) is 11.3 Å². The number of hydrogen-bond acceptors (Lipinski definition) is 6. The van der Waals surface area contributed by atoms with Gasteiger partial charge < -0.3 is 15.0 Å². The fraction of sp³-hybridized carbons (Fsp3) is 0.800. The minimum Gasteiger partial charge on any atom is -0.367 e. The van der Waals surface area contributed by atoms with Gasteiger partial charge in [0.2, 0.25) is 5.89 Å². The van der Waals surface area contributed by atoms with Gasteiger partial charge in [-0.15, -0.1) is 0 Å². The van der Waals surface area contributed by atoms with Crippen molar-refractivity contribution in [3.05, 3.63) is 11.7 Å². The second-order valence-electron chi connectivity index (χ2n) is 3.99. The zero-order valence-corrected chi connectivity index (χ0v) is 11.5. The molecule has 116 valence electrons. The molecule has 0 bridgehead atoms. The molecule has 0 saturated carbocycles. The van der Waals surface area contributed by atoms with Crippen LogP contribution in [0, 0.1) is 0 Å². The molecule has 1 aromatic heterocycles. The van der Waals surface area contributed by atoms with Crippen LogP contribution in [0.3, 0.4) is 0 Å². The van der Waals surface area contributed by atoms with Crippen molar-refractivity contribution in [3.63, 3.8) is 0 Å². The van der Waals surface area contributed by atoms with Crippen LogP contribution in [0.1, 0.15) is 24.2 Å². The van der Waals surface area contributed by atoms with Crippen molar-refractivity contribution in [3.8, 4) is 0 Å². The smallest absolute Gasteiger partial charge is 0.330 e. The summed E-state index contributed by atoms with van der Waals surface area (Å²) in [7, 11) is 0. The molecule has 0 radical (unpaired) electrons. The Hall–Kier alpha value is -0.870. The number of alkyl halides is 4. The Morgan fingerprint density at radius 1 is 1.45 bits per heavy atom. The number of nitrogens with two attached hydrogens (primary N) is 1. The Morgan fingerprint density at radius 3 is 2.75 bits per heavy atom. The Morgan fingerprint density at radius 2 is 2.15 bits per heavy atom. The number of aromatic nitrogens is 2. The first-order valence-corrected chi connectivity index (χ1v) is 7.07. The molecule has 0 fully saturated rings. The second-order valence-corrected chi connectivity index (χ2v) is 4.98. The third kappa shape index (κ3) is 5.25. The van der Waals surface area contributed by atoms with Crippen LogP contribution in [0.25, 0.3) is 0 Å². The fourth-order valence-corrected chi connectivity index (χ4v) is 1.68. The molecule has 1 rings (SSSR count). The maximum absolute atomic E-state index is 12.6. The van der Waals surface area contributed by atoms with E-state index in [1.54, 1.807) is 11.8 Å². The zero-order chi connectivity index (χ0) is 15.2. The van der Waals surface area contributed by atoms with Gasteiger partial charge in [-0.25, -0.2) is 8.78 Å².